The van der Waals surface area contributed by atoms with Crippen molar-refractivity contribution in [3.8, 4) is 0 Å². The lowest BCUT2D eigenvalue weighted by molar-refractivity contribution is 0.496. The Hall–Kier alpha value is -2.22. The van der Waals surface area contributed by atoms with Crippen molar-refractivity contribution in [2.45, 2.75) is 4.90 Å². The minimum atomic E-state index is -4.15. The number of nitrogen functional groups attached to an aromatic ring is 1. The molecule has 2 aromatic rings. The highest BCUT2D eigenvalue weighted by Gasteiger charge is 2.18. The van der Waals surface area contributed by atoms with Crippen LogP contribution in [0.25, 0.3) is 0 Å². The fourth-order valence-corrected chi connectivity index (χ4v) is 2.60. The Morgan fingerprint density at radius 3 is 2.25 bits per heavy atom. The second-order valence-electron chi connectivity index (χ2n) is 3.92. The van der Waals surface area contributed by atoms with E-state index in [2.05, 4.69) is 0 Å². The van der Waals surface area contributed by atoms with Crippen molar-refractivity contribution in [1.82, 2.24) is 0 Å². The lowest BCUT2D eigenvalue weighted by Gasteiger charge is -2.09. The normalized spacial score (nSPS) is 11.3. The maximum absolute atomic E-state index is 13.4. The van der Waals surface area contributed by atoms with Gasteiger partial charge in [-0.15, -0.1) is 0 Å². The van der Waals surface area contributed by atoms with Gasteiger partial charge in [0.2, 0.25) is 0 Å². The molecule has 0 heterocycles. The van der Waals surface area contributed by atoms with Gasteiger partial charge in [0.05, 0.1) is 10.6 Å². The van der Waals surface area contributed by atoms with E-state index in [0.29, 0.717) is 6.07 Å². The van der Waals surface area contributed by atoms with E-state index < -0.39 is 33.2 Å². The first kappa shape index (κ1) is 14.2. The highest BCUT2D eigenvalue weighted by molar-refractivity contribution is 7.92. The first-order valence-corrected chi connectivity index (χ1v) is 6.81. The molecule has 20 heavy (non-hydrogen) atoms. The summed E-state index contributed by atoms with van der Waals surface area (Å²) in [6.45, 7) is 0. The van der Waals surface area contributed by atoms with Crippen molar-refractivity contribution in [3.63, 3.8) is 0 Å². The molecule has 2 rings (SSSR count). The van der Waals surface area contributed by atoms with Gasteiger partial charge in [-0.25, -0.2) is 21.6 Å². The first-order valence-electron chi connectivity index (χ1n) is 5.32. The van der Waals surface area contributed by atoms with Crippen LogP contribution in [0.3, 0.4) is 0 Å². The summed E-state index contributed by atoms with van der Waals surface area (Å²) in [6, 6.07) is 5.93. The zero-order valence-electron chi connectivity index (χ0n) is 9.90. The van der Waals surface area contributed by atoms with Crippen molar-refractivity contribution in [2.75, 3.05) is 10.5 Å². The SMILES string of the molecule is Nc1cccc(S(=O)(=O)Nc2cc(F)c(F)cc2F)c1. The van der Waals surface area contributed by atoms with Gasteiger partial charge in [0, 0.05) is 17.8 Å². The van der Waals surface area contributed by atoms with Crippen molar-refractivity contribution >= 4 is 21.4 Å². The summed E-state index contributed by atoms with van der Waals surface area (Å²) >= 11 is 0. The Bertz CT molecular complexity index is 763. The summed E-state index contributed by atoms with van der Waals surface area (Å²) in [5.41, 5.74) is 4.95. The van der Waals surface area contributed by atoms with Crippen LogP contribution in [0.4, 0.5) is 24.5 Å². The summed E-state index contributed by atoms with van der Waals surface area (Å²) in [6.07, 6.45) is 0. The van der Waals surface area contributed by atoms with Crippen LogP contribution in [0.1, 0.15) is 0 Å². The van der Waals surface area contributed by atoms with Gasteiger partial charge >= 0.3 is 0 Å². The van der Waals surface area contributed by atoms with Crippen molar-refractivity contribution in [1.29, 1.82) is 0 Å². The maximum Gasteiger partial charge on any atom is 0.262 e. The van der Waals surface area contributed by atoms with E-state index in [9.17, 15) is 21.6 Å². The van der Waals surface area contributed by atoms with Gasteiger partial charge in [-0.1, -0.05) is 6.07 Å². The first-order chi connectivity index (χ1) is 9.29. The van der Waals surface area contributed by atoms with Crippen molar-refractivity contribution < 1.29 is 21.6 Å². The monoisotopic (exact) mass is 302 g/mol. The molecule has 3 N–H and O–H groups in total. The number of benzene rings is 2. The predicted molar refractivity (Wildman–Crippen MR) is 68.0 cm³/mol. The van der Waals surface area contributed by atoms with Crippen LogP contribution in [0.2, 0.25) is 0 Å². The lowest BCUT2D eigenvalue weighted by Crippen LogP contribution is -2.14. The predicted octanol–water partition coefficient (Wildman–Crippen LogP) is 2.49. The van der Waals surface area contributed by atoms with Gasteiger partial charge in [0.1, 0.15) is 5.82 Å². The summed E-state index contributed by atoms with van der Waals surface area (Å²) in [5, 5.41) is 0. The van der Waals surface area contributed by atoms with E-state index in [1.807, 2.05) is 4.72 Å². The molecule has 0 unspecified atom stereocenters. The van der Waals surface area contributed by atoms with E-state index in [4.69, 9.17) is 5.73 Å². The molecule has 0 aliphatic heterocycles. The topological polar surface area (TPSA) is 72.2 Å². The molecule has 8 heteroatoms. The third-order valence-corrected chi connectivity index (χ3v) is 3.79. The Balaban J connectivity index is 2.41. The van der Waals surface area contributed by atoms with E-state index in [1.54, 1.807) is 0 Å². The third-order valence-electron chi connectivity index (χ3n) is 2.42. The van der Waals surface area contributed by atoms with E-state index in [0.717, 1.165) is 6.07 Å². The summed E-state index contributed by atoms with van der Waals surface area (Å²) in [7, 11) is -4.15. The Kier molecular flexibility index (Phi) is 3.58. The minimum absolute atomic E-state index is 0.193. The molecule has 0 spiro atoms. The van der Waals surface area contributed by atoms with Crippen LogP contribution in [-0.4, -0.2) is 8.42 Å². The fourth-order valence-electron chi connectivity index (χ4n) is 1.49. The van der Waals surface area contributed by atoms with Gasteiger partial charge in [-0.2, -0.15) is 0 Å². The zero-order chi connectivity index (χ0) is 14.9. The number of hydrogen-bond acceptors (Lipinski definition) is 3. The largest absolute Gasteiger partial charge is 0.399 e. The number of sulfonamides is 1. The Morgan fingerprint density at radius 1 is 0.950 bits per heavy atom. The highest BCUT2D eigenvalue weighted by Crippen LogP contribution is 2.22. The molecule has 106 valence electrons. The number of anilines is 2. The lowest BCUT2D eigenvalue weighted by atomic mass is 10.3. The molecular formula is C12H9F3N2O2S. The van der Waals surface area contributed by atoms with E-state index in [-0.39, 0.29) is 16.6 Å². The van der Waals surface area contributed by atoms with Crippen LogP contribution in [-0.2, 0) is 10.0 Å². The molecule has 0 radical (unpaired) electrons. The number of rotatable bonds is 3. The molecule has 0 amide bonds. The average Bonchev–Trinajstić information content (AvgIpc) is 2.36. The third kappa shape index (κ3) is 2.85. The molecule has 0 fully saturated rings. The number of halogens is 3. The average molecular weight is 302 g/mol. The van der Waals surface area contributed by atoms with Crippen LogP contribution in [0.15, 0.2) is 41.3 Å². The summed E-state index contributed by atoms with van der Waals surface area (Å²) < 4.78 is 64.9. The van der Waals surface area contributed by atoms with Crippen LogP contribution >= 0.6 is 0 Å². The van der Waals surface area contributed by atoms with E-state index in [1.165, 1.54) is 18.2 Å². The second kappa shape index (κ2) is 5.04. The van der Waals surface area contributed by atoms with Crippen LogP contribution in [0.5, 0.6) is 0 Å². The molecular weight excluding hydrogens is 293 g/mol. The number of hydrogen-bond donors (Lipinski definition) is 2. The zero-order valence-corrected chi connectivity index (χ0v) is 10.7. The summed E-state index contributed by atoms with van der Waals surface area (Å²) in [5.74, 6) is -4.00. The molecule has 2 aromatic carbocycles. The van der Waals surface area contributed by atoms with Gasteiger partial charge < -0.3 is 5.73 Å². The quantitative estimate of drug-likeness (QED) is 0.676. The second-order valence-corrected chi connectivity index (χ2v) is 5.61. The molecule has 0 aliphatic carbocycles. The smallest absolute Gasteiger partial charge is 0.262 e. The van der Waals surface area contributed by atoms with E-state index >= 15 is 0 Å². The minimum Gasteiger partial charge on any atom is -0.399 e. The van der Waals surface area contributed by atoms with Gasteiger partial charge in [0.15, 0.2) is 11.6 Å². The molecule has 0 saturated carbocycles. The van der Waals surface area contributed by atoms with Gasteiger partial charge in [-0.05, 0) is 18.2 Å². The van der Waals surface area contributed by atoms with Crippen molar-refractivity contribution in [3.05, 3.63) is 53.8 Å². The molecule has 0 aliphatic rings. The van der Waals surface area contributed by atoms with Crippen LogP contribution in [0, 0.1) is 17.5 Å². The fraction of sp³-hybridized carbons (Fsp3) is 0. The molecule has 0 saturated heterocycles. The van der Waals surface area contributed by atoms with Gasteiger partial charge in [-0.3, -0.25) is 4.72 Å². The standard InChI is InChI=1S/C12H9F3N2O2S/c13-9-5-11(15)12(6-10(9)14)17-20(18,19)8-3-1-2-7(16)4-8/h1-6,17H,16H2. The Labute approximate surface area is 113 Å². The highest BCUT2D eigenvalue weighted by atomic mass is 32.2. The molecule has 0 bridgehead atoms. The molecule has 4 nitrogen and oxygen atoms in total. The molecule has 0 atom stereocenters. The maximum atomic E-state index is 13.4. The van der Waals surface area contributed by atoms with Gasteiger partial charge in [0.25, 0.3) is 10.0 Å². The molecule has 0 aromatic heterocycles. The Morgan fingerprint density at radius 2 is 1.60 bits per heavy atom. The van der Waals surface area contributed by atoms with Crippen molar-refractivity contribution in [2.24, 2.45) is 0 Å². The number of nitrogens with one attached hydrogen (secondary N) is 1. The van der Waals surface area contributed by atoms with Crippen LogP contribution < -0.4 is 10.5 Å². The number of nitrogens with two attached hydrogens (primary N) is 1. The summed E-state index contributed by atoms with van der Waals surface area (Å²) in [4.78, 5) is -0.221.